The van der Waals surface area contributed by atoms with Gasteiger partial charge in [-0.1, -0.05) is 65.7 Å². The third-order valence-corrected chi connectivity index (χ3v) is 7.73. The van der Waals surface area contributed by atoms with Crippen LogP contribution in [0.1, 0.15) is 28.8 Å². The topological polar surface area (TPSA) is 69.9 Å². The first-order valence-electron chi connectivity index (χ1n) is 12.4. The van der Waals surface area contributed by atoms with Crippen molar-refractivity contribution in [1.29, 1.82) is 0 Å². The molecule has 1 atom stereocenters. The molecule has 194 valence electrons. The summed E-state index contributed by atoms with van der Waals surface area (Å²) < 4.78 is 0. The molecule has 2 N–H and O–H groups in total. The monoisotopic (exact) mass is 538 g/mol. The summed E-state index contributed by atoms with van der Waals surface area (Å²) in [6.07, 6.45) is 2.91. The Morgan fingerprint density at radius 3 is 2.27 bits per heavy atom. The molecule has 0 aliphatic carbocycles. The van der Waals surface area contributed by atoms with Gasteiger partial charge in [-0.15, -0.1) is 0 Å². The predicted molar refractivity (Wildman–Crippen MR) is 151 cm³/mol. The van der Waals surface area contributed by atoms with Crippen LogP contribution >= 0.6 is 23.2 Å². The molecule has 8 heteroatoms. The van der Waals surface area contributed by atoms with Gasteiger partial charge >= 0.3 is 0 Å². The molecule has 1 saturated heterocycles. The van der Waals surface area contributed by atoms with E-state index in [1.807, 2.05) is 60.3 Å². The molecule has 3 aromatic rings. The van der Waals surface area contributed by atoms with E-state index in [9.17, 15) is 9.59 Å². The summed E-state index contributed by atoms with van der Waals surface area (Å²) in [5.41, 5.74) is 9.77. The molecule has 0 saturated carbocycles. The van der Waals surface area contributed by atoms with Gasteiger partial charge in [0.2, 0.25) is 11.8 Å². The van der Waals surface area contributed by atoms with Crippen molar-refractivity contribution >= 4 is 40.7 Å². The van der Waals surface area contributed by atoms with Crippen molar-refractivity contribution in [3.8, 4) is 11.1 Å². The lowest BCUT2D eigenvalue weighted by atomic mass is 9.97. The maximum absolute atomic E-state index is 13.4. The molecular formula is C29H32Cl2N4O2. The normalized spacial score (nSPS) is 14.4. The Hall–Kier alpha value is -3.06. The average molecular weight is 540 g/mol. The second-order valence-electron chi connectivity index (χ2n) is 9.49. The molecule has 1 unspecified atom stereocenters. The zero-order chi connectivity index (χ0) is 26.5. The van der Waals surface area contributed by atoms with Crippen LogP contribution in [0.15, 0.2) is 66.7 Å². The quantitative estimate of drug-likeness (QED) is 0.400. The van der Waals surface area contributed by atoms with Crippen LogP contribution in [0.3, 0.4) is 0 Å². The fraction of sp³-hybridized carbons (Fsp3) is 0.310. The highest BCUT2D eigenvalue weighted by Gasteiger charge is 2.29. The number of likely N-dealkylation sites (N-methyl/N-ethyl adjacent to an activating group) is 2. The first-order valence-corrected chi connectivity index (χ1v) is 13.1. The fourth-order valence-corrected chi connectivity index (χ4v) is 5.12. The van der Waals surface area contributed by atoms with E-state index < -0.39 is 5.91 Å². The molecule has 0 spiro atoms. The van der Waals surface area contributed by atoms with Gasteiger partial charge in [-0.25, -0.2) is 0 Å². The summed E-state index contributed by atoms with van der Waals surface area (Å²) in [5, 5.41) is 0.948. The summed E-state index contributed by atoms with van der Waals surface area (Å²) in [6.45, 7) is 2.16. The molecule has 37 heavy (non-hydrogen) atoms. The van der Waals surface area contributed by atoms with E-state index in [0.717, 1.165) is 48.3 Å². The Bertz CT molecular complexity index is 1260. The molecule has 1 fully saturated rings. The number of hydrogen-bond donors (Lipinski definition) is 1. The van der Waals surface area contributed by atoms with Crippen molar-refractivity contribution in [3.63, 3.8) is 0 Å². The fourth-order valence-electron chi connectivity index (χ4n) is 4.83. The first-order chi connectivity index (χ1) is 17.7. The number of nitrogens with two attached hydrogens (primary N) is 1. The summed E-state index contributed by atoms with van der Waals surface area (Å²) in [4.78, 5) is 31.3. The molecule has 0 bridgehead atoms. The second-order valence-corrected chi connectivity index (χ2v) is 10.3. The molecule has 3 aromatic carbocycles. The van der Waals surface area contributed by atoms with Crippen molar-refractivity contribution < 1.29 is 9.59 Å². The predicted octanol–water partition coefficient (Wildman–Crippen LogP) is 5.32. The van der Waals surface area contributed by atoms with Crippen molar-refractivity contribution in [2.24, 2.45) is 5.73 Å². The highest BCUT2D eigenvalue weighted by atomic mass is 35.5. The smallest absolute Gasteiger partial charge is 0.249 e. The van der Waals surface area contributed by atoms with E-state index in [1.54, 1.807) is 18.2 Å². The molecule has 6 nitrogen and oxygen atoms in total. The number of hydrogen-bond acceptors (Lipinski definition) is 4. The molecule has 1 heterocycles. The van der Waals surface area contributed by atoms with Crippen LogP contribution < -0.4 is 10.6 Å². The van der Waals surface area contributed by atoms with Crippen molar-refractivity contribution in [3.05, 3.63) is 87.9 Å². The van der Waals surface area contributed by atoms with Gasteiger partial charge in [0, 0.05) is 44.9 Å². The standard InChI is InChI=1S/C29H32Cl2N4O2/c1-33(22-13-14-25(30)26(31)18-22)19-28(36)34(2)27(35-15-5-6-16-35)17-20-9-11-21(12-10-20)23-7-3-4-8-24(23)29(32)37/h3-4,7-14,18,27H,5-6,15-17,19H2,1-2H3,(H2,32,37). The molecule has 0 aromatic heterocycles. The number of anilines is 1. The van der Waals surface area contributed by atoms with Crippen molar-refractivity contribution in [2.45, 2.75) is 25.4 Å². The van der Waals surface area contributed by atoms with Gasteiger partial charge in [0.1, 0.15) is 0 Å². The molecule has 0 radical (unpaired) electrons. The van der Waals surface area contributed by atoms with Gasteiger partial charge in [-0.2, -0.15) is 0 Å². The molecule has 1 aliphatic heterocycles. The third kappa shape index (κ3) is 6.45. The minimum absolute atomic E-state index is 0.0254. The molecule has 2 amide bonds. The average Bonchev–Trinajstić information content (AvgIpc) is 3.43. The highest BCUT2D eigenvalue weighted by molar-refractivity contribution is 6.42. The van der Waals surface area contributed by atoms with Crippen LogP contribution in [0, 0.1) is 0 Å². The number of nitrogens with zero attached hydrogens (tertiary/aromatic N) is 3. The minimum Gasteiger partial charge on any atom is -0.366 e. The lowest BCUT2D eigenvalue weighted by molar-refractivity contribution is -0.133. The maximum Gasteiger partial charge on any atom is 0.249 e. The van der Waals surface area contributed by atoms with Crippen molar-refractivity contribution in [2.75, 3.05) is 38.6 Å². The van der Waals surface area contributed by atoms with Crippen LogP contribution in [-0.2, 0) is 11.2 Å². The van der Waals surface area contributed by atoms with E-state index in [2.05, 4.69) is 17.0 Å². The molecule has 4 rings (SSSR count). The summed E-state index contributed by atoms with van der Waals surface area (Å²) in [7, 11) is 3.75. The van der Waals surface area contributed by atoms with Gasteiger partial charge < -0.3 is 15.5 Å². The summed E-state index contributed by atoms with van der Waals surface area (Å²) in [6, 6.07) is 20.9. The van der Waals surface area contributed by atoms with Gasteiger partial charge in [0.05, 0.1) is 22.8 Å². The van der Waals surface area contributed by atoms with E-state index in [-0.39, 0.29) is 18.6 Å². The number of amides is 2. The number of likely N-dealkylation sites (tertiary alicyclic amines) is 1. The number of halogens is 2. The second kappa shape index (κ2) is 12.0. The summed E-state index contributed by atoms with van der Waals surface area (Å²) >= 11 is 12.2. The van der Waals surface area contributed by atoms with Crippen molar-refractivity contribution in [1.82, 2.24) is 9.80 Å². The third-order valence-electron chi connectivity index (χ3n) is 6.99. The number of rotatable bonds is 9. The Morgan fingerprint density at radius 2 is 1.62 bits per heavy atom. The van der Waals surface area contributed by atoms with E-state index >= 15 is 0 Å². The number of primary amides is 1. The van der Waals surface area contributed by atoms with Crippen LogP contribution in [0.25, 0.3) is 11.1 Å². The zero-order valence-electron chi connectivity index (χ0n) is 21.2. The molecular weight excluding hydrogens is 507 g/mol. The number of carbonyl (C=O) groups is 2. The Balaban J connectivity index is 1.50. The van der Waals surface area contributed by atoms with Crippen LogP contribution in [-0.4, -0.2) is 61.5 Å². The Labute approximate surface area is 228 Å². The number of carbonyl (C=O) groups excluding carboxylic acids is 2. The minimum atomic E-state index is -0.445. The van der Waals surface area contributed by atoms with Gasteiger partial charge in [0.25, 0.3) is 0 Å². The highest BCUT2D eigenvalue weighted by Crippen LogP contribution is 2.28. The van der Waals surface area contributed by atoms with Crippen LogP contribution in [0.4, 0.5) is 5.69 Å². The van der Waals surface area contributed by atoms with E-state index in [4.69, 9.17) is 28.9 Å². The van der Waals surface area contributed by atoms with Crippen LogP contribution in [0.5, 0.6) is 0 Å². The lowest BCUT2D eigenvalue weighted by Crippen LogP contribution is -2.51. The Morgan fingerprint density at radius 1 is 0.946 bits per heavy atom. The zero-order valence-corrected chi connectivity index (χ0v) is 22.7. The van der Waals surface area contributed by atoms with Gasteiger partial charge in [-0.05, 0) is 53.8 Å². The van der Waals surface area contributed by atoms with Gasteiger partial charge in [0.15, 0.2) is 0 Å². The largest absolute Gasteiger partial charge is 0.366 e. The van der Waals surface area contributed by atoms with Gasteiger partial charge in [-0.3, -0.25) is 14.5 Å². The van der Waals surface area contributed by atoms with Crippen LogP contribution in [0.2, 0.25) is 10.0 Å². The first kappa shape index (κ1) is 27.0. The SMILES string of the molecule is CN(CC(=O)N(C)C(Cc1ccc(-c2ccccc2C(N)=O)cc1)N1CCCC1)c1ccc(Cl)c(Cl)c1. The van der Waals surface area contributed by atoms with E-state index in [0.29, 0.717) is 22.0 Å². The summed E-state index contributed by atoms with van der Waals surface area (Å²) in [5.74, 6) is -0.419. The van der Waals surface area contributed by atoms with E-state index in [1.165, 1.54) is 0 Å². The lowest BCUT2D eigenvalue weighted by Gasteiger charge is -2.36. The molecule has 1 aliphatic rings. The maximum atomic E-state index is 13.4. The number of benzene rings is 3. The Kier molecular flexibility index (Phi) is 8.75.